The van der Waals surface area contributed by atoms with Crippen LogP contribution in [-0.2, 0) is 24.4 Å². The fraction of sp³-hybridized carbons (Fsp3) is 0.350. The van der Waals surface area contributed by atoms with Crippen LogP contribution in [-0.4, -0.2) is 37.1 Å². The van der Waals surface area contributed by atoms with E-state index in [4.69, 9.17) is 0 Å². The Kier molecular flexibility index (Phi) is 8.14. The van der Waals surface area contributed by atoms with Crippen molar-refractivity contribution in [3.05, 3.63) is 65.2 Å². The topological polar surface area (TPSA) is 50.8 Å². The highest BCUT2D eigenvalue weighted by Gasteiger charge is 2.31. The van der Waals surface area contributed by atoms with Crippen LogP contribution in [0.2, 0.25) is 0 Å². The quantitative estimate of drug-likeness (QED) is 0.576. The van der Waals surface area contributed by atoms with E-state index in [-0.39, 0.29) is 25.4 Å². The summed E-state index contributed by atoms with van der Waals surface area (Å²) in [6, 6.07) is 11.3. The van der Waals surface area contributed by atoms with Crippen molar-refractivity contribution in [2.24, 2.45) is 0 Å². The van der Waals surface area contributed by atoms with Gasteiger partial charge in [0.25, 0.3) is 0 Å². The lowest BCUT2D eigenvalue weighted by Gasteiger charge is -2.18. The number of nitrogens with zero attached hydrogens (tertiary/aromatic N) is 1. The molecule has 0 radical (unpaired) electrons. The lowest BCUT2D eigenvalue weighted by atomic mass is 10.1. The SMILES string of the molecule is CN(Cc1ccc(OC(F)(F)F)cc1)C(=O)NCc1ccc(COCC(F)(F)F)cc1. The number of rotatable bonds is 8. The van der Waals surface area contributed by atoms with Crippen molar-refractivity contribution in [2.45, 2.75) is 32.2 Å². The fourth-order valence-corrected chi connectivity index (χ4v) is 2.49. The Morgan fingerprint density at radius 3 is 2.00 bits per heavy atom. The highest BCUT2D eigenvalue weighted by Crippen LogP contribution is 2.23. The third-order valence-electron chi connectivity index (χ3n) is 3.92. The molecule has 0 aliphatic heterocycles. The maximum atomic E-state index is 12.2. The van der Waals surface area contributed by atoms with Crippen LogP contribution in [0, 0.1) is 0 Å². The molecule has 0 saturated carbocycles. The lowest BCUT2D eigenvalue weighted by Crippen LogP contribution is -2.36. The summed E-state index contributed by atoms with van der Waals surface area (Å²) < 4.78 is 81.1. The summed E-state index contributed by atoms with van der Waals surface area (Å²) in [5.41, 5.74) is 1.90. The molecule has 5 nitrogen and oxygen atoms in total. The summed E-state index contributed by atoms with van der Waals surface area (Å²) in [5, 5.41) is 2.68. The van der Waals surface area contributed by atoms with Crippen molar-refractivity contribution in [1.29, 1.82) is 0 Å². The summed E-state index contributed by atoms with van der Waals surface area (Å²) in [4.78, 5) is 13.5. The second-order valence-corrected chi connectivity index (χ2v) is 6.63. The molecule has 0 saturated heterocycles. The summed E-state index contributed by atoms with van der Waals surface area (Å²) in [6.45, 7) is -1.16. The molecule has 0 unspecified atom stereocenters. The molecule has 2 aromatic carbocycles. The van der Waals surface area contributed by atoms with E-state index >= 15 is 0 Å². The number of hydrogen-bond acceptors (Lipinski definition) is 3. The van der Waals surface area contributed by atoms with E-state index in [2.05, 4.69) is 14.8 Å². The van der Waals surface area contributed by atoms with Gasteiger partial charge in [0.15, 0.2) is 0 Å². The van der Waals surface area contributed by atoms with Crippen molar-refractivity contribution in [1.82, 2.24) is 10.2 Å². The van der Waals surface area contributed by atoms with E-state index in [0.717, 1.165) is 17.7 Å². The van der Waals surface area contributed by atoms with E-state index in [1.54, 1.807) is 24.3 Å². The Morgan fingerprint density at radius 1 is 0.903 bits per heavy atom. The molecule has 170 valence electrons. The van der Waals surface area contributed by atoms with Crippen LogP contribution in [0.25, 0.3) is 0 Å². The molecular weight excluding hydrogens is 430 g/mol. The second-order valence-electron chi connectivity index (χ2n) is 6.63. The summed E-state index contributed by atoms with van der Waals surface area (Å²) in [6.07, 6.45) is -9.15. The molecule has 11 heteroatoms. The van der Waals surface area contributed by atoms with Crippen molar-refractivity contribution in [3.63, 3.8) is 0 Å². The van der Waals surface area contributed by atoms with Gasteiger partial charge in [0.2, 0.25) is 0 Å². The first-order valence-electron chi connectivity index (χ1n) is 8.97. The van der Waals surface area contributed by atoms with Gasteiger partial charge in [-0.1, -0.05) is 36.4 Å². The Bertz CT molecular complexity index is 836. The maximum absolute atomic E-state index is 12.2. The second kappa shape index (κ2) is 10.4. The lowest BCUT2D eigenvalue weighted by molar-refractivity contribution is -0.274. The van der Waals surface area contributed by atoms with Gasteiger partial charge in [0.1, 0.15) is 12.4 Å². The maximum Gasteiger partial charge on any atom is 0.573 e. The first-order valence-corrected chi connectivity index (χ1v) is 8.97. The largest absolute Gasteiger partial charge is 0.573 e. The van der Waals surface area contributed by atoms with Crippen LogP contribution in [0.5, 0.6) is 5.75 Å². The number of nitrogens with one attached hydrogen (secondary N) is 1. The van der Waals surface area contributed by atoms with Gasteiger partial charge < -0.3 is 19.7 Å². The molecule has 0 aliphatic carbocycles. The van der Waals surface area contributed by atoms with Crippen LogP contribution in [0.15, 0.2) is 48.5 Å². The predicted octanol–water partition coefficient (Wildman–Crippen LogP) is 5.01. The van der Waals surface area contributed by atoms with Gasteiger partial charge in [0, 0.05) is 20.1 Å². The van der Waals surface area contributed by atoms with E-state index in [1.807, 2.05) is 0 Å². The van der Waals surface area contributed by atoms with Gasteiger partial charge in [-0.05, 0) is 28.8 Å². The molecule has 2 aromatic rings. The Morgan fingerprint density at radius 2 is 1.45 bits per heavy atom. The molecule has 0 heterocycles. The predicted molar refractivity (Wildman–Crippen MR) is 99.0 cm³/mol. The average Bonchev–Trinajstić information content (AvgIpc) is 2.66. The minimum atomic E-state index is -4.77. The van der Waals surface area contributed by atoms with Crippen molar-refractivity contribution in [2.75, 3.05) is 13.7 Å². The third kappa shape index (κ3) is 9.60. The van der Waals surface area contributed by atoms with Crippen LogP contribution in [0.3, 0.4) is 0 Å². The van der Waals surface area contributed by atoms with Gasteiger partial charge in [-0.2, -0.15) is 13.2 Å². The standard InChI is InChI=1S/C20H20F6N2O3/c1-28(11-15-6-8-17(9-7-15)31-20(24,25)26)18(29)27-10-14-2-4-16(5-3-14)12-30-13-19(21,22)23/h2-9H,10-13H2,1H3,(H,27,29). The average molecular weight is 450 g/mol. The third-order valence-corrected chi connectivity index (χ3v) is 3.92. The fourth-order valence-electron chi connectivity index (χ4n) is 2.49. The van der Waals surface area contributed by atoms with E-state index in [1.165, 1.54) is 24.1 Å². The molecule has 0 aliphatic rings. The van der Waals surface area contributed by atoms with Gasteiger partial charge in [-0.25, -0.2) is 4.79 Å². The van der Waals surface area contributed by atoms with Gasteiger partial charge >= 0.3 is 18.6 Å². The number of ether oxygens (including phenoxy) is 2. The van der Waals surface area contributed by atoms with Crippen molar-refractivity contribution in [3.8, 4) is 5.75 Å². The first kappa shape index (κ1) is 24.3. The molecule has 31 heavy (non-hydrogen) atoms. The number of carbonyl (C=O) groups is 1. The van der Waals surface area contributed by atoms with Gasteiger partial charge in [0.05, 0.1) is 6.61 Å². The minimum absolute atomic E-state index is 0.160. The van der Waals surface area contributed by atoms with E-state index in [9.17, 15) is 31.1 Å². The first-order chi connectivity index (χ1) is 14.4. The number of amides is 2. The molecule has 0 atom stereocenters. The van der Waals surface area contributed by atoms with E-state index in [0.29, 0.717) is 11.1 Å². The summed E-state index contributed by atoms with van der Waals surface area (Å²) in [7, 11) is 1.52. The molecule has 0 bridgehead atoms. The van der Waals surface area contributed by atoms with Crippen molar-refractivity contribution < 1.29 is 40.6 Å². The van der Waals surface area contributed by atoms with E-state index < -0.39 is 25.2 Å². The smallest absolute Gasteiger partial charge is 0.406 e. The molecule has 0 fully saturated rings. The molecule has 2 rings (SSSR count). The number of hydrogen-bond donors (Lipinski definition) is 1. The zero-order valence-electron chi connectivity index (χ0n) is 16.4. The zero-order chi connectivity index (χ0) is 23.1. The number of alkyl halides is 6. The van der Waals surface area contributed by atoms with Gasteiger partial charge in [-0.3, -0.25) is 0 Å². The Labute approximate surface area is 174 Å². The number of urea groups is 1. The summed E-state index contributed by atoms with van der Waals surface area (Å²) in [5.74, 6) is -0.351. The minimum Gasteiger partial charge on any atom is -0.406 e. The van der Waals surface area contributed by atoms with Crippen LogP contribution in [0.4, 0.5) is 31.1 Å². The zero-order valence-corrected chi connectivity index (χ0v) is 16.4. The molecule has 0 spiro atoms. The Hall–Kier alpha value is -2.95. The summed E-state index contributed by atoms with van der Waals surface area (Å²) >= 11 is 0. The Balaban J connectivity index is 1.77. The van der Waals surface area contributed by atoms with Gasteiger partial charge in [-0.15, -0.1) is 13.2 Å². The number of benzene rings is 2. The molecule has 0 aromatic heterocycles. The highest BCUT2D eigenvalue weighted by molar-refractivity contribution is 5.73. The van der Waals surface area contributed by atoms with Crippen LogP contribution in [0.1, 0.15) is 16.7 Å². The highest BCUT2D eigenvalue weighted by atomic mass is 19.4. The normalized spacial score (nSPS) is 11.8. The molecular formula is C20H20F6N2O3. The number of carbonyl (C=O) groups excluding carboxylic acids is 1. The molecule has 1 N–H and O–H groups in total. The van der Waals surface area contributed by atoms with Crippen LogP contribution >= 0.6 is 0 Å². The van der Waals surface area contributed by atoms with Crippen LogP contribution < -0.4 is 10.1 Å². The molecule has 2 amide bonds. The number of halogens is 6. The monoisotopic (exact) mass is 450 g/mol. The van der Waals surface area contributed by atoms with Crippen molar-refractivity contribution >= 4 is 6.03 Å².